The Bertz CT molecular complexity index is 973. The summed E-state index contributed by atoms with van der Waals surface area (Å²) < 4.78 is 5.98. The van der Waals surface area contributed by atoms with Crippen LogP contribution >= 0.6 is 12.4 Å². The molecule has 0 fully saturated rings. The molecule has 3 heterocycles. The number of hydrogen-bond acceptors (Lipinski definition) is 5. The van der Waals surface area contributed by atoms with E-state index >= 15 is 0 Å². The first-order valence-corrected chi connectivity index (χ1v) is 7.02. The molecule has 120 valence electrons. The maximum atomic E-state index is 9.51. The number of ether oxygens (including phenoxy) is 1. The number of benzene rings is 1. The Labute approximate surface area is 143 Å². The highest BCUT2D eigenvalue weighted by molar-refractivity contribution is 5.97. The van der Waals surface area contributed by atoms with Crippen molar-refractivity contribution in [2.24, 2.45) is 0 Å². The maximum absolute atomic E-state index is 9.51. The van der Waals surface area contributed by atoms with Gasteiger partial charge in [0.25, 0.3) is 0 Å². The van der Waals surface area contributed by atoms with E-state index in [0.29, 0.717) is 17.1 Å². The summed E-state index contributed by atoms with van der Waals surface area (Å²) in [5.41, 5.74) is 2.07. The zero-order chi connectivity index (χ0) is 15.6. The van der Waals surface area contributed by atoms with Crippen molar-refractivity contribution >= 4 is 23.4 Å². The fourth-order valence-electron chi connectivity index (χ4n) is 2.43. The minimum absolute atomic E-state index is 0. The Balaban J connectivity index is 0.00000169. The molecule has 0 saturated heterocycles. The Morgan fingerprint density at radius 3 is 2.54 bits per heavy atom. The van der Waals surface area contributed by atoms with E-state index in [9.17, 15) is 5.11 Å². The number of aromatic hydroxyl groups is 1. The molecule has 4 rings (SSSR count). The summed E-state index contributed by atoms with van der Waals surface area (Å²) in [4.78, 5) is 15.2. The summed E-state index contributed by atoms with van der Waals surface area (Å²) in [6, 6.07) is 12.8. The Morgan fingerprint density at radius 2 is 1.75 bits per heavy atom. The first-order valence-electron chi connectivity index (χ1n) is 7.02. The predicted molar refractivity (Wildman–Crippen MR) is 92.5 cm³/mol. The van der Waals surface area contributed by atoms with Gasteiger partial charge in [0.05, 0.1) is 11.1 Å². The number of nitrogens with one attached hydrogen (secondary N) is 1. The van der Waals surface area contributed by atoms with Crippen LogP contribution in [0.5, 0.6) is 17.5 Å². The third-order valence-electron chi connectivity index (χ3n) is 3.43. The zero-order valence-electron chi connectivity index (χ0n) is 12.4. The lowest BCUT2D eigenvalue weighted by molar-refractivity contribution is 0.431. The molecule has 0 saturated carbocycles. The van der Waals surface area contributed by atoms with E-state index in [0.717, 1.165) is 16.7 Å². The van der Waals surface area contributed by atoms with Gasteiger partial charge in [0, 0.05) is 24.2 Å². The number of fused-ring (bicyclic) bond motifs is 1. The number of hydrogen-bond donors (Lipinski definition) is 2. The molecule has 0 aliphatic heterocycles. The van der Waals surface area contributed by atoms with Gasteiger partial charge in [-0.25, -0.2) is 9.97 Å². The minimum Gasteiger partial charge on any atom is -0.479 e. The molecule has 0 spiro atoms. The van der Waals surface area contributed by atoms with Crippen LogP contribution in [0.25, 0.3) is 22.3 Å². The van der Waals surface area contributed by atoms with Gasteiger partial charge in [-0.2, -0.15) is 4.98 Å². The normalized spacial score (nSPS) is 10.3. The number of aromatic nitrogens is 4. The Hall–Kier alpha value is -3.12. The molecule has 0 aliphatic rings. The first-order chi connectivity index (χ1) is 11.3. The topological polar surface area (TPSA) is 83.9 Å². The summed E-state index contributed by atoms with van der Waals surface area (Å²) in [6.45, 7) is 0. The van der Waals surface area contributed by atoms with Crippen LogP contribution in [0.15, 0.2) is 61.1 Å². The highest BCUT2D eigenvalue weighted by Gasteiger charge is 2.14. The molecule has 0 atom stereocenters. The lowest BCUT2D eigenvalue weighted by Gasteiger charge is -2.08. The quantitative estimate of drug-likeness (QED) is 0.590. The second kappa shape index (κ2) is 6.55. The van der Waals surface area contributed by atoms with Gasteiger partial charge in [-0.3, -0.25) is 0 Å². The van der Waals surface area contributed by atoms with Gasteiger partial charge in [-0.05, 0) is 24.3 Å². The summed E-state index contributed by atoms with van der Waals surface area (Å²) >= 11 is 0. The molecular formula is C17H13ClN4O2. The number of para-hydroxylation sites is 1. The van der Waals surface area contributed by atoms with Crippen LogP contribution in [0, 0.1) is 0 Å². The van der Waals surface area contributed by atoms with Gasteiger partial charge in [0.2, 0.25) is 0 Å². The molecule has 0 bridgehead atoms. The average Bonchev–Trinajstić information content (AvgIpc) is 3.01. The van der Waals surface area contributed by atoms with Crippen molar-refractivity contribution in [2.45, 2.75) is 0 Å². The third kappa shape index (κ3) is 2.87. The van der Waals surface area contributed by atoms with Gasteiger partial charge in [-0.15, -0.1) is 12.4 Å². The average molecular weight is 341 g/mol. The molecule has 4 aromatic rings. The van der Waals surface area contributed by atoms with Crippen LogP contribution in [0.2, 0.25) is 0 Å². The highest BCUT2D eigenvalue weighted by Crippen LogP contribution is 2.35. The van der Waals surface area contributed by atoms with Gasteiger partial charge < -0.3 is 14.8 Å². The van der Waals surface area contributed by atoms with Crippen molar-refractivity contribution in [3.8, 4) is 28.8 Å². The van der Waals surface area contributed by atoms with Crippen LogP contribution in [0.1, 0.15) is 0 Å². The van der Waals surface area contributed by atoms with Crippen LogP contribution in [-0.2, 0) is 0 Å². The molecule has 3 aromatic heterocycles. The SMILES string of the molecule is Cl.Oc1nccc(-c2c[nH]c3nccc(Oc4ccccc4)c23)n1. The Morgan fingerprint density at radius 1 is 0.958 bits per heavy atom. The standard InChI is InChI=1S/C17H12N4O2.ClH/c22-17-19-8-6-13(21-17)12-10-20-16-15(12)14(7-9-18-16)23-11-4-2-1-3-5-11;/h1-10H,(H,18,20)(H,19,21,22);1H. The largest absolute Gasteiger partial charge is 0.479 e. The summed E-state index contributed by atoms with van der Waals surface area (Å²) in [7, 11) is 0. The summed E-state index contributed by atoms with van der Waals surface area (Å²) in [5, 5.41) is 10.3. The minimum atomic E-state index is -0.272. The molecule has 1 aromatic carbocycles. The second-order valence-electron chi connectivity index (χ2n) is 4.89. The van der Waals surface area contributed by atoms with Gasteiger partial charge in [-0.1, -0.05) is 18.2 Å². The highest BCUT2D eigenvalue weighted by atomic mass is 35.5. The maximum Gasteiger partial charge on any atom is 0.314 e. The second-order valence-corrected chi connectivity index (χ2v) is 4.89. The number of aromatic amines is 1. The molecule has 24 heavy (non-hydrogen) atoms. The number of pyridine rings is 1. The molecule has 0 unspecified atom stereocenters. The predicted octanol–water partition coefficient (Wildman–Crippen LogP) is 3.94. The molecule has 6 nitrogen and oxygen atoms in total. The van der Waals surface area contributed by atoms with E-state index in [2.05, 4.69) is 19.9 Å². The monoisotopic (exact) mass is 340 g/mol. The zero-order valence-corrected chi connectivity index (χ0v) is 13.2. The molecule has 0 aliphatic carbocycles. The van der Waals surface area contributed by atoms with Gasteiger partial charge in [0.15, 0.2) is 0 Å². The number of halogens is 1. The van der Waals surface area contributed by atoms with E-state index in [1.54, 1.807) is 24.5 Å². The number of nitrogens with zero attached hydrogens (tertiary/aromatic N) is 3. The van der Waals surface area contributed by atoms with Crippen molar-refractivity contribution in [3.05, 3.63) is 61.1 Å². The Kier molecular flexibility index (Phi) is 4.31. The van der Waals surface area contributed by atoms with E-state index in [-0.39, 0.29) is 18.4 Å². The van der Waals surface area contributed by atoms with Crippen molar-refractivity contribution in [2.75, 3.05) is 0 Å². The van der Waals surface area contributed by atoms with Crippen LogP contribution in [-0.4, -0.2) is 25.0 Å². The number of H-pyrrole nitrogens is 1. The lowest BCUT2D eigenvalue weighted by Crippen LogP contribution is -1.89. The molecule has 0 radical (unpaired) electrons. The van der Waals surface area contributed by atoms with E-state index in [1.165, 1.54) is 6.20 Å². The number of rotatable bonds is 3. The van der Waals surface area contributed by atoms with Crippen LogP contribution in [0.3, 0.4) is 0 Å². The van der Waals surface area contributed by atoms with Gasteiger partial charge >= 0.3 is 6.01 Å². The lowest BCUT2D eigenvalue weighted by atomic mass is 10.1. The van der Waals surface area contributed by atoms with Gasteiger partial charge in [0.1, 0.15) is 17.1 Å². The van der Waals surface area contributed by atoms with Crippen LogP contribution in [0.4, 0.5) is 0 Å². The first kappa shape index (κ1) is 15.8. The molecule has 2 N–H and O–H groups in total. The third-order valence-corrected chi connectivity index (χ3v) is 3.43. The van der Waals surface area contributed by atoms with E-state index in [4.69, 9.17) is 4.74 Å². The fourth-order valence-corrected chi connectivity index (χ4v) is 2.43. The summed E-state index contributed by atoms with van der Waals surface area (Å²) in [6.07, 6.45) is 4.97. The van der Waals surface area contributed by atoms with Crippen molar-refractivity contribution < 1.29 is 9.84 Å². The van der Waals surface area contributed by atoms with E-state index < -0.39 is 0 Å². The molecule has 0 amide bonds. The summed E-state index contributed by atoms with van der Waals surface area (Å²) in [5.74, 6) is 1.40. The van der Waals surface area contributed by atoms with Crippen molar-refractivity contribution in [1.29, 1.82) is 0 Å². The van der Waals surface area contributed by atoms with Crippen molar-refractivity contribution in [1.82, 2.24) is 19.9 Å². The smallest absolute Gasteiger partial charge is 0.314 e. The molecule has 7 heteroatoms. The van der Waals surface area contributed by atoms with E-state index in [1.807, 2.05) is 30.3 Å². The molecular weight excluding hydrogens is 328 g/mol. The van der Waals surface area contributed by atoms with Crippen molar-refractivity contribution in [3.63, 3.8) is 0 Å². The van der Waals surface area contributed by atoms with Crippen LogP contribution < -0.4 is 4.74 Å². The fraction of sp³-hybridized carbons (Fsp3) is 0.